The van der Waals surface area contributed by atoms with Crippen LogP contribution in [0.15, 0.2) is 0 Å². The van der Waals surface area contributed by atoms with Gasteiger partial charge in [0.15, 0.2) is 5.96 Å². The van der Waals surface area contributed by atoms with Crippen LogP contribution < -0.4 is 16.0 Å². The molecule has 4 rings (SSSR count). The average Bonchev–Trinajstić information content (AvgIpc) is 3.24. The summed E-state index contributed by atoms with van der Waals surface area (Å²) in [4.78, 5) is 26.7. The van der Waals surface area contributed by atoms with Gasteiger partial charge in [-0.2, -0.15) is 0 Å². The average molecular weight is 418 g/mol. The van der Waals surface area contributed by atoms with Gasteiger partial charge in [0, 0.05) is 19.6 Å². The van der Waals surface area contributed by atoms with Crippen LogP contribution in [0.25, 0.3) is 0 Å². The highest BCUT2D eigenvalue weighted by Gasteiger charge is 2.49. The third kappa shape index (κ3) is 4.66. The number of carbonyl (C=O) groups is 2. The number of hydrogen-bond donors (Lipinski definition) is 4. The van der Waals surface area contributed by atoms with Crippen LogP contribution in [0.3, 0.4) is 0 Å². The minimum Gasteiger partial charge on any atom is -0.355 e. The van der Waals surface area contributed by atoms with E-state index in [-0.39, 0.29) is 23.8 Å². The van der Waals surface area contributed by atoms with Crippen LogP contribution in [0.2, 0.25) is 0 Å². The van der Waals surface area contributed by atoms with E-state index in [4.69, 9.17) is 5.41 Å². The number of nitrogens with zero attached hydrogens (tertiary/aromatic N) is 1. The van der Waals surface area contributed by atoms with Gasteiger partial charge >= 0.3 is 0 Å². The molecular weight excluding hydrogens is 378 g/mol. The maximum absolute atomic E-state index is 13.2. The summed E-state index contributed by atoms with van der Waals surface area (Å²) < 4.78 is 0. The van der Waals surface area contributed by atoms with E-state index < -0.39 is 5.54 Å². The number of carbonyl (C=O) groups excluding carboxylic acids is 2. The van der Waals surface area contributed by atoms with Crippen molar-refractivity contribution in [2.24, 2.45) is 11.8 Å². The van der Waals surface area contributed by atoms with E-state index in [0.717, 1.165) is 63.8 Å². The van der Waals surface area contributed by atoms with Gasteiger partial charge in [-0.15, -0.1) is 0 Å². The number of rotatable bonds is 7. The number of nitrogens with one attached hydrogen (secondary N) is 4. The van der Waals surface area contributed by atoms with Crippen LogP contribution in [-0.4, -0.2) is 53.9 Å². The molecular formula is C23H39N5O2. The van der Waals surface area contributed by atoms with E-state index in [9.17, 15) is 9.59 Å². The maximum Gasteiger partial charge on any atom is 0.254 e. The van der Waals surface area contributed by atoms with Crippen LogP contribution in [0.5, 0.6) is 0 Å². The molecule has 2 amide bonds. The SMILES string of the molecule is CN1C(=N)N[C@](CCC2CCCCC2)(C[C@H]2CCC[C@H](NC3CCNC3=O)C2)C1=O. The zero-order valence-electron chi connectivity index (χ0n) is 18.5. The lowest BCUT2D eigenvalue weighted by molar-refractivity contribution is -0.131. The van der Waals surface area contributed by atoms with Gasteiger partial charge in [-0.05, 0) is 50.4 Å². The molecule has 2 saturated carbocycles. The van der Waals surface area contributed by atoms with E-state index in [2.05, 4.69) is 16.0 Å². The molecule has 2 saturated heterocycles. The molecule has 4 N–H and O–H groups in total. The lowest BCUT2D eigenvalue weighted by Crippen LogP contribution is -2.50. The molecule has 0 aromatic carbocycles. The van der Waals surface area contributed by atoms with Gasteiger partial charge in [0.2, 0.25) is 5.91 Å². The molecule has 2 heterocycles. The summed E-state index contributed by atoms with van der Waals surface area (Å²) in [6.45, 7) is 0.768. The quantitative estimate of drug-likeness (QED) is 0.512. The lowest BCUT2D eigenvalue weighted by Gasteiger charge is -2.37. The lowest BCUT2D eigenvalue weighted by atomic mass is 9.74. The molecule has 4 fully saturated rings. The summed E-state index contributed by atoms with van der Waals surface area (Å²) in [5, 5.41) is 18.0. The van der Waals surface area contributed by atoms with Crippen molar-refractivity contribution < 1.29 is 9.59 Å². The van der Waals surface area contributed by atoms with Crippen LogP contribution in [-0.2, 0) is 9.59 Å². The molecule has 0 aromatic heterocycles. The van der Waals surface area contributed by atoms with Crippen molar-refractivity contribution in [2.45, 2.75) is 101 Å². The summed E-state index contributed by atoms with van der Waals surface area (Å²) in [6.07, 6.45) is 14.5. The van der Waals surface area contributed by atoms with E-state index in [1.807, 2.05) is 0 Å². The van der Waals surface area contributed by atoms with Crippen molar-refractivity contribution >= 4 is 17.8 Å². The number of guanidine groups is 1. The van der Waals surface area contributed by atoms with Crippen molar-refractivity contribution in [3.05, 3.63) is 0 Å². The fourth-order valence-electron chi connectivity index (χ4n) is 6.28. The predicted molar refractivity (Wildman–Crippen MR) is 117 cm³/mol. The van der Waals surface area contributed by atoms with Crippen molar-refractivity contribution in [1.82, 2.24) is 20.9 Å². The highest BCUT2D eigenvalue weighted by atomic mass is 16.2. The standard InChI is InChI=1S/C23H39N5O2/c1-28-21(30)23(27-22(28)24,12-10-16-6-3-2-4-7-16)15-17-8-5-9-18(14-17)26-19-11-13-25-20(19)29/h16-19,26H,2-15H2,1H3,(H2,24,27)(H,25,29)/t17-,18-,19?,23+/m0/s1. The largest absolute Gasteiger partial charge is 0.355 e. The first-order valence-electron chi connectivity index (χ1n) is 12.2. The Morgan fingerprint density at radius 1 is 1.07 bits per heavy atom. The molecule has 7 nitrogen and oxygen atoms in total. The van der Waals surface area contributed by atoms with Crippen LogP contribution in [0.4, 0.5) is 0 Å². The number of amides is 2. The molecule has 30 heavy (non-hydrogen) atoms. The Bertz CT molecular complexity index is 662. The van der Waals surface area contributed by atoms with Gasteiger partial charge in [-0.3, -0.25) is 19.9 Å². The molecule has 2 aliphatic heterocycles. The van der Waals surface area contributed by atoms with Gasteiger partial charge in [0.1, 0.15) is 5.54 Å². The highest BCUT2D eigenvalue weighted by molar-refractivity contribution is 6.07. The van der Waals surface area contributed by atoms with Crippen molar-refractivity contribution in [2.75, 3.05) is 13.6 Å². The van der Waals surface area contributed by atoms with Crippen molar-refractivity contribution in [3.63, 3.8) is 0 Å². The van der Waals surface area contributed by atoms with E-state index in [1.165, 1.54) is 37.0 Å². The van der Waals surface area contributed by atoms with Gasteiger partial charge < -0.3 is 16.0 Å². The Kier molecular flexibility index (Phi) is 6.66. The van der Waals surface area contributed by atoms with Crippen molar-refractivity contribution in [1.29, 1.82) is 5.41 Å². The van der Waals surface area contributed by atoms with Gasteiger partial charge in [-0.1, -0.05) is 44.9 Å². The molecule has 7 heteroatoms. The minimum atomic E-state index is -0.611. The second kappa shape index (κ2) is 9.25. The normalized spacial score (nSPS) is 35.6. The van der Waals surface area contributed by atoms with E-state index in [0.29, 0.717) is 12.0 Å². The second-order valence-corrected chi connectivity index (χ2v) is 10.2. The van der Waals surface area contributed by atoms with E-state index in [1.54, 1.807) is 7.05 Å². The van der Waals surface area contributed by atoms with E-state index >= 15 is 0 Å². The highest BCUT2D eigenvalue weighted by Crippen LogP contribution is 2.38. The summed E-state index contributed by atoms with van der Waals surface area (Å²) in [5.74, 6) is 1.63. The second-order valence-electron chi connectivity index (χ2n) is 10.2. The van der Waals surface area contributed by atoms with Crippen LogP contribution in [0, 0.1) is 17.2 Å². The molecule has 1 unspecified atom stereocenters. The Morgan fingerprint density at radius 3 is 2.50 bits per heavy atom. The molecule has 0 spiro atoms. The van der Waals surface area contributed by atoms with Gasteiger partial charge in [0.05, 0.1) is 6.04 Å². The van der Waals surface area contributed by atoms with Crippen LogP contribution in [0.1, 0.15) is 83.5 Å². The molecule has 4 atom stereocenters. The Hall–Kier alpha value is -1.63. The minimum absolute atomic E-state index is 0.0560. The molecule has 0 radical (unpaired) electrons. The summed E-state index contributed by atoms with van der Waals surface area (Å²) in [6, 6.07) is 0.293. The first-order chi connectivity index (χ1) is 14.5. The molecule has 168 valence electrons. The maximum atomic E-state index is 13.2. The first-order valence-corrected chi connectivity index (χ1v) is 12.2. The molecule has 0 aromatic rings. The summed E-state index contributed by atoms with van der Waals surface area (Å²) in [5.41, 5.74) is -0.611. The first kappa shape index (κ1) is 21.6. The Balaban J connectivity index is 1.40. The molecule has 2 aliphatic carbocycles. The fourth-order valence-corrected chi connectivity index (χ4v) is 6.28. The monoisotopic (exact) mass is 417 g/mol. The zero-order chi connectivity index (χ0) is 21.1. The number of likely N-dealkylation sites (N-methyl/N-ethyl adjacent to an activating group) is 1. The summed E-state index contributed by atoms with van der Waals surface area (Å²) >= 11 is 0. The smallest absolute Gasteiger partial charge is 0.254 e. The Labute approximate surface area is 180 Å². The van der Waals surface area contributed by atoms with Gasteiger partial charge in [-0.25, -0.2) is 0 Å². The topological polar surface area (TPSA) is 97.3 Å². The number of hydrogen-bond acceptors (Lipinski definition) is 4. The third-order valence-corrected chi connectivity index (χ3v) is 8.02. The fraction of sp³-hybridized carbons (Fsp3) is 0.870. The van der Waals surface area contributed by atoms with Crippen molar-refractivity contribution in [3.8, 4) is 0 Å². The molecule has 0 bridgehead atoms. The zero-order valence-corrected chi connectivity index (χ0v) is 18.5. The van der Waals surface area contributed by atoms with Crippen LogP contribution >= 0.6 is 0 Å². The van der Waals surface area contributed by atoms with Gasteiger partial charge in [0.25, 0.3) is 5.91 Å². The Morgan fingerprint density at radius 2 is 1.83 bits per heavy atom. The predicted octanol–water partition coefficient (Wildman–Crippen LogP) is 2.51. The summed E-state index contributed by atoms with van der Waals surface area (Å²) in [7, 11) is 1.73. The third-order valence-electron chi connectivity index (χ3n) is 8.02. The molecule has 4 aliphatic rings.